The van der Waals surface area contributed by atoms with Gasteiger partial charge in [-0.1, -0.05) is 25.4 Å². The van der Waals surface area contributed by atoms with Gasteiger partial charge >= 0.3 is 6.18 Å². The Morgan fingerprint density at radius 2 is 2.00 bits per heavy atom. The third-order valence-electron chi connectivity index (χ3n) is 2.22. The zero-order chi connectivity index (χ0) is 14.6. The second kappa shape index (κ2) is 6.43. The molecule has 0 atom stereocenters. The average molecular weight is 311 g/mol. The Morgan fingerprint density at radius 3 is 2.47 bits per heavy atom. The van der Waals surface area contributed by atoms with E-state index in [1.807, 2.05) is 13.8 Å². The largest absolute Gasteiger partial charge is 0.416 e. The van der Waals surface area contributed by atoms with E-state index in [1.165, 1.54) is 6.07 Å². The molecule has 0 aliphatic carbocycles. The Kier molecular flexibility index (Phi) is 5.43. The highest BCUT2D eigenvalue weighted by Crippen LogP contribution is 2.33. The van der Waals surface area contributed by atoms with Crippen molar-refractivity contribution in [3.05, 3.63) is 28.8 Å². The molecule has 0 unspecified atom stereocenters. The first-order valence-electron chi connectivity index (χ1n) is 5.61. The fourth-order valence-corrected chi connectivity index (χ4v) is 1.68. The lowest BCUT2D eigenvalue weighted by molar-refractivity contribution is -0.137. The van der Waals surface area contributed by atoms with Gasteiger partial charge in [-0.05, 0) is 36.3 Å². The van der Waals surface area contributed by atoms with Gasteiger partial charge in [0.25, 0.3) is 0 Å². The number of nitrogens with one attached hydrogen (secondary N) is 2. The van der Waals surface area contributed by atoms with Crippen LogP contribution in [-0.4, -0.2) is 11.7 Å². The van der Waals surface area contributed by atoms with Crippen LogP contribution in [0.2, 0.25) is 5.02 Å². The van der Waals surface area contributed by atoms with Gasteiger partial charge in [-0.3, -0.25) is 0 Å². The van der Waals surface area contributed by atoms with E-state index in [9.17, 15) is 13.2 Å². The van der Waals surface area contributed by atoms with Crippen molar-refractivity contribution in [2.45, 2.75) is 20.0 Å². The van der Waals surface area contributed by atoms with Gasteiger partial charge in [-0.2, -0.15) is 13.2 Å². The Hall–Kier alpha value is -1.01. The molecule has 0 bridgehead atoms. The summed E-state index contributed by atoms with van der Waals surface area (Å²) in [6.45, 7) is 4.70. The summed E-state index contributed by atoms with van der Waals surface area (Å²) >= 11 is 10.8. The predicted molar refractivity (Wildman–Crippen MR) is 75.5 cm³/mol. The average Bonchev–Trinajstić information content (AvgIpc) is 2.27. The van der Waals surface area contributed by atoms with Crippen LogP contribution in [0.1, 0.15) is 19.4 Å². The van der Waals surface area contributed by atoms with Crippen molar-refractivity contribution in [2.75, 3.05) is 11.9 Å². The number of hydrogen-bond acceptors (Lipinski definition) is 1. The summed E-state index contributed by atoms with van der Waals surface area (Å²) in [6.07, 6.45) is -4.40. The predicted octanol–water partition coefficient (Wildman–Crippen LogP) is 4.30. The monoisotopic (exact) mass is 310 g/mol. The highest BCUT2D eigenvalue weighted by atomic mass is 35.5. The first kappa shape index (κ1) is 16.0. The fraction of sp³-hybridized carbons (Fsp3) is 0.417. The molecule has 0 spiro atoms. The summed E-state index contributed by atoms with van der Waals surface area (Å²) in [7, 11) is 0. The number of hydrogen-bond donors (Lipinski definition) is 2. The maximum atomic E-state index is 12.5. The van der Waals surface area contributed by atoms with Crippen LogP contribution in [0.3, 0.4) is 0 Å². The molecule has 0 fully saturated rings. The van der Waals surface area contributed by atoms with Gasteiger partial charge in [0.05, 0.1) is 16.3 Å². The minimum Gasteiger partial charge on any atom is -0.362 e. The Balaban J connectivity index is 2.73. The molecule has 0 saturated carbocycles. The molecule has 2 nitrogen and oxygen atoms in total. The van der Waals surface area contributed by atoms with Crippen LogP contribution in [0.25, 0.3) is 0 Å². The van der Waals surface area contributed by atoms with Crippen LogP contribution >= 0.6 is 23.8 Å². The quantitative estimate of drug-likeness (QED) is 0.814. The maximum Gasteiger partial charge on any atom is 0.416 e. The summed E-state index contributed by atoms with van der Waals surface area (Å²) < 4.78 is 37.4. The third-order valence-corrected chi connectivity index (χ3v) is 2.77. The first-order chi connectivity index (χ1) is 8.70. The number of rotatable bonds is 3. The molecule has 0 aliphatic heterocycles. The van der Waals surface area contributed by atoms with Crippen molar-refractivity contribution in [1.29, 1.82) is 0 Å². The van der Waals surface area contributed by atoms with Crippen molar-refractivity contribution in [3.63, 3.8) is 0 Å². The minimum absolute atomic E-state index is 0.0245. The standard InChI is InChI=1S/C12H14ClF3N2S/c1-7(2)6-17-11(19)18-10-4-3-8(5-9(10)13)12(14,15)16/h3-5,7H,6H2,1-2H3,(H2,17,18,19). The van der Waals surface area contributed by atoms with E-state index in [0.29, 0.717) is 23.3 Å². The Morgan fingerprint density at radius 1 is 1.37 bits per heavy atom. The summed E-state index contributed by atoms with van der Waals surface area (Å²) in [4.78, 5) is 0. The Labute approximate surface area is 120 Å². The number of anilines is 1. The lowest BCUT2D eigenvalue weighted by atomic mass is 10.2. The van der Waals surface area contributed by atoms with Gasteiger partial charge in [-0.15, -0.1) is 0 Å². The molecule has 0 aromatic heterocycles. The van der Waals surface area contributed by atoms with E-state index in [1.54, 1.807) is 0 Å². The number of benzene rings is 1. The van der Waals surface area contributed by atoms with Crippen LogP contribution < -0.4 is 10.6 Å². The van der Waals surface area contributed by atoms with Gasteiger partial charge in [0.15, 0.2) is 5.11 Å². The Bertz CT molecular complexity index is 461. The van der Waals surface area contributed by atoms with Crippen molar-refractivity contribution < 1.29 is 13.2 Å². The maximum absolute atomic E-state index is 12.5. The van der Waals surface area contributed by atoms with Gasteiger partial charge in [-0.25, -0.2) is 0 Å². The van der Waals surface area contributed by atoms with Crippen molar-refractivity contribution in [3.8, 4) is 0 Å². The highest BCUT2D eigenvalue weighted by molar-refractivity contribution is 7.80. The van der Waals surface area contributed by atoms with Crippen LogP contribution in [0, 0.1) is 5.92 Å². The van der Waals surface area contributed by atoms with Gasteiger partial charge in [0.2, 0.25) is 0 Å². The molecule has 1 aromatic carbocycles. The van der Waals surface area contributed by atoms with E-state index in [0.717, 1.165) is 12.1 Å². The highest BCUT2D eigenvalue weighted by Gasteiger charge is 2.30. The van der Waals surface area contributed by atoms with E-state index in [-0.39, 0.29) is 5.02 Å². The summed E-state index contributed by atoms with van der Waals surface area (Å²) in [5, 5.41) is 6.01. The van der Waals surface area contributed by atoms with E-state index >= 15 is 0 Å². The molecular weight excluding hydrogens is 297 g/mol. The van der Waals surface area contributed by atoms with Crippen LogP contribution in [-0.2, 0) is 6.18 Å². The molecule has 19 heavy (non-hydrogen) atoms. The van der Waals surface area contributed by atoms with E-state index in [2.05, 4.69) is 10.6 Å². The first-order valence-corrected chi connectivity index (χ1v) is 6.40. The molecule has 1 rings (SSSR count). The van der Waals surface area contributed by atoms with Crippen LogP contribution in [0.4, 0.5) is 18.9 Å². The van der Waals surface area contributed by atoms with E-state index < -0.39 is 11.7 Å². The van der Waals surface area contributed by atoms with Crippen molar-refractivity contribution >= 4 is 34.6 Å². The minimum atomic E-state index is -4.40. The lowest BCUT2D eigenvalue weighted by Crippen LogP contribution is -2.31. The number of halogens is 4. The molecule has 1 aromatic rings. The summed E-state index contributed by atoms with van der Waals surface area (Å²) in [5.41, 5.74) is -0.444. The fourth-order valence-electron chi connectivity index (χ4n) is 1.26. The van der Waals surface area contributed by atoms with Gasteiger partial charge in [0, 0.05) is 6.54 Å². The molecule has 0 saturated heterocycles. The van der Waals surface area contributed by atoms with Gasteiger partial charge < -0.3 is 10.6 Å². The molecule has 0 heterocycles. The number of alkyl halides is 3. The summed E-state index contributed by atoms with van der Waals surface area (Å²) in [6, 6.07) is 3.09. The molecule has 106 valence electrons. The van der Waals surface area contributed by atoms with E-state index in [4.69, 9.17) is 23.8 Å². The zero-order valence-corrected chi connectivity index (χ0v) is 12.0. The molecule has 2 N–H and O–H groups in total. The van der Waals surface area contributed by atoms with Gasteiger partial charge in [0.1, 0.15) is 0 Å². The lowest BCUT2D eigenvalue weighted by Gasteiger charge is -2.14. The van der Waals surface area contributed by atoms with Crippen molar-refractivity contribution in [2.24, 2.45) is 5.92 Å². The SMILES string of the molecule is CC(C)CNC(=S)Nc1ccc(C(F)(F)F)cc1Cl. The smallest absolute Gasteiger partial charge is 0.362 e. The summed E-state index contributed by atoms with van der Waals surface area (Å²) in [5.74, 6) is 0.405. The normalized spacial score (nSPS) is 11.5. The second-order valence-corrected chi connectivity index (χ2v) is 5.24. The zero-order valence-electron chi connectivity index (χ0n) is 10.4. The van der Waals surface area contributed by atoms with Crippen LogP contribution in [0.15, 0.2) is 18.2 Å². The molecule has 7 heteroatoms. The molecule has 0 radical (unpaired) electrons. The molecule has 0 amide bonds. The molecular formula is C12H14ClF3N2S. The third kappa shape index (κ3) is 5.24. The van der Waals surface area contributed by atoms with Crippen molar-refractivity contribution in [1.82, 2.24) is 5.32 Å². The number of thiocarbonyl (C=S) groups is 1. The topological polar surface area (TPSA) is 24.1 Å². The molecule has 0 aliphatic rings. The second-order valence-electron chi connectivity index (χ2n) is 4.42. The van der Waals surface area contributed by atoms with Crippen LogP contribution in [0.5, 0.6) is 0 Å².